The van der Waals surface area contributed by atoms with Gasteiger partial charge in [-0.25, -0.2) is 4.98 Å². The number of hydrogen-bond donors (Lipinski definition) is 2. The highest BCUT2D eigenvalue weighted by Gasteiger charge is 2.24. The molecule has 0 amide bonds. The molecule has 1 aromatic carbocycles. The van der Waals surface area contributed by atoms with Gasteiger partial charge in [0.1, 0.15) is 12.2 Å². The molecule has 0 radical (unpaired) electrons. The quantitative estimate of drug-likeness (QED) is 0.591. The standard InChI is InChI=1S/C18H26N6OS/c1-19-18(20-9-12-26(25)13-15-5-3-2-4-6-15)24-10-7-16(8-11-24)17-21-14-22-23-17/h2-6,14,16H,7-13H2,1H3,(H,19,20)(H,21,22,23). The first-order chi connectivity index (χ1) is 12.8. The molecule has 8 heteroatoms. The van der Waals surface area contributed by atoms with Crippen molar-refractivity contribution in [1.29, 1.82) is 0 Å². The number of guanidine groups is 1. The van der Waals surface area contributed by atoms with Gasteiger partial charge in [-0.3, -0.25) is 14.3 Å². The molecule has 1 unspecified atom stereocenters. The van der Waals surface area contributed by atoms with Gasteiger partial charge >= 0.3 is 0 Å². The van der Waals surface area contributed by atoms with Gasteiger partial charge in [0.05, 0.1) is 0 Å². The minimum atomic E-state index is -0.876. The van der Waals surface area contributed by atoms with Gasteiger partial charge in [-0.1, -0.05) is 30.3 Å². The van der Waals surface area contributed by atoms with Crippen LogP contribution in [0.2, 0.25) is 0 Å². The number of aliphatic imine (C=N–C) groups is 1. The molecule has 2 heterocycles. The van der Waals surface area contributed by atoms with E-state index < -0.39 is 10.8 Å². The van der Waals surface area contributed by atoms with E-state index >= 15 is 0 Å². The Morgan fingerprint density at radius 3 is 2.77 bits per heavy atom. The maximum absolute atomic E-state index is 12.2. The van der Waals surface area contributed by atoms with E-state index in [-0.39, 0.29) is 0 Å². The summed E-state index contributed by atoms with van der Waals surface area (Å²) >= 11 is 0. The average molecular weight is 375 g/mol. The van der Waals surface area contributed by atoms with Crippen molar-refractivity contribution in [2.75, 3.05) is 32.4 Å². The third kappa shape index (κ3) is 5.14. The maximum Gasteiger partial charge on any atom is 0.193 e. The number of hydrogen-bond acceptors (Lipinski definition) is 4. The third-order valence-corrected chi connectivity index (χ3v) is 5.92. The molecule has 0 saturated carbocycles. The number of nitrogens with one attached hydrogen (secondary N) is 2. The summed E-state index contributed by atoms with van der Waals surface area (Å²) in [6.07, 6.45) is 3.61. The molecule has 2 N–H and O–H groups in total. The van der Waals surface area contributed by atoms with Crippen molar-refractivity contribution in [2.45, 2.75) is 24.5 Å². The Kier molecular flexibility index (Phi) is 6.76. The summed E-state index contributed by atoms with van der Waals surface area (Å²) < 4.78 is 12.2. The Morgan fingerprint density at radius 1 is 1.35 bits per heavy atom. The molecule has 0 spiro atoms. The SMILES string of the molecule is CN=C(NCCS(=O)Cc1ccccc1)N1CCC(c2ncn[nH]2)CC1. The largest absolute Gasteiger partial charge is 0.355 e. The van der Waals surface area contributed by atoms with Crippen LogP contribution in [0, 0.1) is 0 Å². The molecule has 2 aromatic rings. The molecule has 7 nitrogen and oxygen atoms in total. The van der Waals surface area contributed by atoms with Crippen LogP contribution in [-0.2, 0) is 16.6 Å². The minimum absolute atomic E-state index is 0.435. The topological polar surface area (TPSA) is 86.3 Å². The van der Waals surface area contributed by atoms with E-state index in [0.29, 0.717) is 24.0 Å². The van der Waals surface area contributed by atoms with Crippen LogP contribution in [0.1, 0.15) is 30.1 Å². The van der Waals surface area contributed by atoms with Crippen LogP contribution in [0.15, 0.2) is 41.7 Å². The lowest BCUT2D eigenvalue weighted by atomic mass is 9.96. The lowest BCUT2D eigenvalue weighted by Crippen LogP contribution is -2.46. The summed E-state index contributed by atoms with van der Waals surface area (Å²) in [5.41, 5.74) is 1.12. The molecule has 1 fully saturated rings. The van der Waals surface area contributed by atoms with Crippen molar-refractivity contribution in [2.24, 2.45) is 4.99 Å². The molecule has 3 rings (SSSR count). The predicted octanol–water partition coefficient (Wildman–Crippen LogP) is 1.51. The first-order valence-electron chi connectivity index (χ1n) is 8.96. The van der Waals surface area contributed by atoms with Gasteiger partial charge in [0, 0.05) is 54.9 Å². The maximum atomic E-state index is 12.2. The van der Waals surface area contributed by atoms with Gasteiger partial charge < -0.3 is 10.2 Å². The molecule has 1 saturated heterocycles. The van der Waals surface area contributed by atoms with E-state index in [0.717, 1.165) is 43.3 Å². The van der Waals surface area contributed by atoms with Crippen LogP contribution in [0.5, 0.6) is 0 Å². The predicted molar refractivity (Wildman–Crippen MR) is 104 cm³/mol. The fraction of sp³-hybridized carbons (Fsp3) is 0.500. The van der Waals surface area contributed by atoms with Gasteiger partial charge in [-0.05, 0) is 18.4 Å². The molecular weight excluding hydrogens is 348 g/mol. The van der Waals surface area contributed by atoms with E-state index in [4.69, 9.17) is 0 Å². The third-order valence-electron chi connectivity index (χ3n) is 4.61. The van der Waals surface area contributed by atoms with Gasteiger partial charge in [-0.15, -0.1) is 0 Å². The lowest BCUT2D eigenvalue weighted by Gasteiger charge is -2.33. The Bertz CT molecular complexity index is 711. The van der Waals surface area contributed by atoms with Crippen molar-refractivity contribution < 1.29 is 4.21 Å². The number of aromatic nitrogens is 3. The van der Waals surface area contributed by atoms with Crippen molar-refractivity contribution >= 4 is 16.8 Å². The zero-order valence-corrected chi connectivity index (χ0v) is 15.9. The number of H-pyrrole nitrogens is 1. The molecule has 1 atom stereocenters. The zero-order valence-electron chi connectivity index (χ0n) is 15.1. The molecule has 26 heavy (non-hydrogen) atoms. The number of aromatic amines is 1. The summed E-state index contributed by atoms with van der Waals surface area (Å²) in [5, 5.41) is 10.3. The summed E-state index contributed by atoms with van der Waals surface area (Å²) in [6.45, 7) is 2.52. The second-order valence-corrected chi connectivity index (χ2v) is 7.96. The molecular formula is C18H26N6OS. The number of benzene rings is 1. The van der Waals surface area contributed by atoms with Gasteiger partial charge in [-0.2, -0.15) is 5.10 Å². The number of piperidine rings is 1. The van der Waals surface area contributed by atoms with Crippen LogP contribution >= 0.6 is 0 Å². The number of nitrogens with zero attached hydrogens (tertiary/aromatic N) is 4. The molecule has 1 aromatic heterocycles. The van der Waals surface area contributed by atoms with E-state index in [1.54, 1.807) is 13.4 Å². The highest BCUT2D eigenvalue weighted by molar-refractivity contribution is 7.84. The Morgan fingerprint density at radius 2 is 2.12 bits per heavy atom. The highest BCUT2D eigenvalue weighted by Crippen LogP contribution is 2.24. The van der Waals surface area contributed by atoms with Gasteiger partial charge in [0.2, 0.25) is 0 Å². The van der Waals surface area contributed by atoms with Crippen molar-refractivity contribution in [3.8, 4) is 0 Å². The number of rotatable bonds is 6. The Labute approximate surface area is 156 Å². The van der Waals surface area contributed by atoms with Crippen molar-refractivity contribution in [3.05, 3.63) is 48.0 Å². The van der Waals surface area contributed by atoms with Crippen molar-refractivity contribution in [1.82, 2.24) is 25.4 Å². The van der Waals surface area contributed by atoms with Crippen LogP contribution in [0.25, 0.3) is 0 Å². The fourth-order valence-corrected chi connectivity index (χ4v) is 4.26. The smallest absolute Gasteiger partial charge is 0.193 e. The van der Waals surface area contributed by atoms with Gasteiger partial charge in [0.15, 0.2) is 5.96 Å². The molecule has 0 aliphatic carbocycles. The average Bonchev–Trinajstić information content (AvgIpc) is 3.21. The first-order valence-corrected chi connectivity index (χ1v) is 10.4. The van der Waals surface area contributed by atoms with E-state index in [1.807, 2.05) is 30.3 Å². The highest BCUT2D eigenvalue weighted by atomic mass is 32.2. The minimum Gasteiger partial charge on any atom is -0.355 e. The summed E-state index contributed by atoms with van der Waals surface area (Å²) in [6, 6.07) is 9.97. The molecule has 1 aliphatic rings. The monoisotopic (exact) mass is 374 g/mol. The first kappa shape index (κ1) is 18.6. The summed E-state index contributed by atoms with van der Waals surface area (Å²) in [5.74, 6) is 3.51. The zero-order chi connectivity index (χ0) is 18.2. The Hall–Kier alpha value is -2.22. The second-order valence-electron chi connectivity index (χ2n) is 6.38. The van der Waals surface area contributed by atoms with Crippen LogP contribution < -0.4 is 5.32 Å². The van der Waals surface area contributed by atoms with Crippen LogP contribution in [0.4, 0.5) is 0 Å². The van der Waals surface area contributed by atoms with E-state index in [1.165, 1.54) is 0 Å². The van der Waals surface area contributed by atoms with Gasteiger partial charge in [0.25, 0.3) is 0 Å². The Balaban J connectivity index is 1.40. The van der Waals surface area contributed by atoms with E-state index in [2.05, 4.69) is 30.4 Å². The normalized spacial score (nSPS) is 17.3. The van der Waals surface area contributed by atoms with E-state index in [9.17, 15) is 4.21 Å². The van der Waals surface area contributed by atoms with Crippen molar-refractivity contribution in [3.63, 3.8) is 0 Å². The summed E-state index contributed by atoms with van der Waals surface area (Å²) in [7, 11) is 0.922. The molecule has 1 aliphatic heterocycles. The summed E-state index contributed by atoms with van der Waals surface area (Å²) in [4.78, 5) is 10.9. The van der Waals surface area contributed by atoms with Crippen LogP contribution in [-0.4, -0.2) is 62.7 Å². The van der Waals surface area contributed by atoms with Crippen LogP contribution in [0.3, 0.4) is 0 Å². The molecule has 140 valence electrons. The fourth-order valence-electron chi connectivity index (χ4n) is 3.22. The number of likely N-dealkylation sites (tertiary alicyclic amines) is 1. The second kappa shape index (κ2) is 9.47. The molecule has 0 bridgehead atoms. The lowest BCUT2D eigenvalue weighted by molar-refractivity contribution is 0.299.